The van der Waals surface area contributed by atoms with E-state index in [2.05, 4.69) is 73.6 Å². The molecule has 0 fully saturated rings. The van der Waals surface area contributed by atoms with E-state index in [0.717, 1.165) is 22.5 Å². The summed E-state index contributed by atoms with van der Waals surface area (Å²) in [7, 11) is 0. The van der Waals surface area contributed by atoms with Crippen LogP contribution in [0.5, 0.6) is 0 Å². The van der Waals surface area contributed by atoms with Gasteiger partial charge in [-0.25, -0.2) is 0 Å². The van der Waals surface area contributed by atoms with Gasteiger partial charge in [0, 0.05) is 29.2 Å². The molecule has 0 saturated carbocycles. The molecule has 0 aliphatic heterocycles. The molecule has 0 radical (unpaired) electrons. The standard InChI is InChI=1S/C22H32N2O/c1-13(2)18-9-19(22(25)24(12-18)16(7)8)17-10-20(14(3)4)23-21(11-17)15(5)6/h9-16H,1-8H3. The summed E-state index contributed by atoms with van der Waals surface area (Å²) in [6.45, 7) is 17.0. The molecule has 25 heavy (non-hydrogen) atoms. The van der Waals surface area contributed by atoms with Crippen LogP contribution in [0.25, 0.3) is 11.1 Å². The van der Waals surface area contributed by atoms with Gasteiger partial charge in [0.05, 0.1) is 0 Å². The van der Waals surface area contributed by atoms with Crippen molar-refractivity contribution < 1.29 is 0 Å². The van der Waals surface area contributed by atoms with Gasteiger partial charge in [-0.15, -0.1) is 0 Å². The minimum Gasteiger partial charge on any atom is -0.312 e. The largest absolute Gasteiger partial charge is 0.312 e. The first-order valence-electron chi connectivity index (χ1n) is 9.40. The minimum atomic E-state index is 0.0787. The summed E-state index contributed by atoms with van der Waals surface area (Å²) in [5.41, 5.74) is 5.14. The molecular formula is C22H32N2O. The summed E-state index contributed by atoms with van der Waals surface area (Å²) in [4.78, 5) is 17.9. The molecule has 3 nitrogen and oxygen atoms in total. The van der Waals surface area contributed by atoms with Gasteiger partial charge >= 0.3 is 0 Å². The topological polar surface area (TPSA) is 34.9 Å². The summed E-state index contributed by atoms with van der Waals surface area (Å²) in [6.07, 6.45) is 2.01. The smallest absolute Gasteiger partial charge is 0.258 e. The fraction of sp³-hybridized carbons (Fsp3) is 0.545. The lowest BCUT2D eigenvalue weighted by Gasteiger charge is -2.18. The van der Waals surface area contributed by atoms with E-state index in [4.69, 9.17) is 4.98 Å². The molecule has 0 amide bonds. The zero-order valence-corrected chi connectivity index (χ0v) is 16.9. The lowest BCUT2D eigenvalue weighted by atomic mass is 9.96. The van der Waals surface area contributed by atoms with Crippen molar-refractivity contribution in [2.75, 3.05) is 0 Å². The maximum absolute atomic E-state index is 13.1. The maximum Gasteiger partial charge on any atom is 0.258 e. The van der Waals surface area contributed by atoms with E-state index in [1.54, 1.807) is 0 Å². The van der Waals surface area contributed by atoms with Gasteiger partial charge in [0.25, 0.3) is 5.56 Å². The van der Waals surface area contributed by atoms with Gasteiger partial charge in [-0.2, -0.15) is 0 Å². The van der Waals surface area contributed by atoms with Crippen LogP contribution < -0.4 is 5.56 Å². The first-order chi connectivity index (χ1) is 11.6. The summed E-state index contributed by atoms with van der Waals surface area (Å²) in [5.74, 6) is 1.04. The van der Waals surface area contributed by atoms with E-state index in [9.17, 15) is 4.79 Å². The highest BCUT2D eigenvalue weighted by molar-refractivity contribution is 5.64. The quantitative estimate of drug-likeness (QED) is 0.683. The van der Waals surface area contributed by atoms with Gasteiger partial charge in [0.15, 0.2) is 0 Å². The highest BCUT2D eigenvalue weighted by atomic mass is 16.1. The van der Waals surface area contributed by atoms with Gasteiger partial charge < -0.3 is 4.57 Å². The molecule has 0 aliphatic rings. The van der Waals surface area contributed by atoms with Crippen LogP contribution in [-0.2, 0) is 0 Å². The molecule has 136 valence electrons. The van der Waals surface area contributed by atoms with Crippen LogP contribution in [0.15, 0.2) is 29.2 Å². The van der Waals surface area contributed by atoms with E-state index in [0.29, 0.717) is 17.8 Å². The highest BCUT2D eigenvalue weighted by Gasteiger charge is 2.16. The number of pyridine rings is 2. The first-order valence-corrected chi connectivity index (χ1v) is 9.40. The molecule has 0 aliphatic carbocycles. The van der Waals surface area contributed by atoms with Crippen LogP contribution in [0.3, 0.4) is 0 Å². The molecule has 2 aromatic rings. The van der Waals surface area contributed by atoms with Crippen LogP contribution in [0, 0.1) is 0 Å². The Morgan fingerprint density at radius 3 is 1.72 bits per heavy atom. The monoisotopic (exact) mass is 340 g/mol. The fourth-order valence-corrected chi connectivity index (χ4v) is 2.85. The van der Waals surface area contributed by atoms with Gasteiger partial charge in [0.2, 0.25) is 0 Å². The second-order valence-electron chi connectivity index (χ2n) is 8.16. The SMILES string of the molecule is CC(C)c1cc(-c2cc(C(C)C)nc(C(C)C)c2)c(=O)n(C(C)C)c1. The van der Waals surface area contributed by atoms with Crippen molar-refractivity contribution >= 4 is 0 Å². The molecule has 2 rings (SSSR count). The molecule has 0 N–H and O–H groups in total. The van der Waals surface area contributed by atoms with Crippen molar-refractivity contribution in [3.63, 3.8) is 0 Å². The Labute approximate surface area is 152 Å². The van der Waals surface area contributed by atoms with Gasteiger partial charge in [-0.1, -0.05) is 41.5 Å². The Bertz CT molecular complexity index is 772. The molecule has 0 spiro atoms. The van der Waals surface area contributed by atoms with Gasteiger partial charge in [0.1, 0.15) is 0 Å². The summed E-state index contributed by atoms with van der Waals surface area (Å²) in [5, 5.41) is 0. The predicted octanol–water partition coefficient (Wildman–Crippen LogP) is 5.86. The molecular weight excluding hydrogens is 308 g/mol. The molecule has 0 saturated heterocycles. The molecule has 0 unspecified atom stereocenters. The zero-order chi connectivity index (χ0) is 18.9. The molecule has 0 atom stereocenters. The van der Waals surface area contributed by atoms with E-state index in [-0.39, 0.29) is 11.6 Å². The van der Waals surface area contributed by atoms with Crippen LogP contribution in [0.2, 0.25) is 0 Å². The Morgan fingerprint density at radius 1 is 0.800 bits per heavy atom. The number of hydrogen-bond donors (Lipinski definition) is 0. The fourth-order valence-electron chi connectivity index (χ4n) is 2.85. The van der Waals surface area contributed by atoms with Crippen LogP contribution >= 0.6 is 0 Å². The van der Waals surface area contributed by atoms with Crippen molar-refractivity contribution in [1.29, 1.82) is 0 Å². The van der Waals surface area contributed by atoms with Gasteiger partial charge in [-0.05, 0) is 60.9 Å². The molecule has 0 aromatic carbocycles. The Morgan fingerprint density at radius 2 is 1.32 bits per heavy atom. The summed E-state index contributed by atoms with van der Waals surface area (Å²) >= 11 is 0. The van der Waals surface area contributed by atoms with Crippen molar-refractivity contribution in [3.05, 3.63) is 51.7 Å². The Balaban J connectivity index is 2.78. The second-order valence-corrected chi connectivity index (χ2v) is 8.16. The van der Waals surface area contributed by atoms with Crippen LogP contribution in [-0.4, -0.2) is 9.55 Å². The first kappa shape index (κ1) is 19.4. The number of hydrogen-bond acceptors (Lipinski definition) is 2. The number of aromatic nitrogens is 2. The third kappa shape index (κ3) is 4.20. The second kappa shape index (κ2) is 7.55. The van der Waals surface area contributed by atoms with Crippen LogP contribution in [0.1, 0.15) is 96.1 Å². The summed E-state index contributed by atoms with van der Waals surface area (Å²) in [6, 6.07) is 6.38. The van der Waals surface area contributed by atoms with Crippen molar-refractivity contribution in [3.8, 4) is 11.1 Å². The average molecular weight is 341 g/mol. The summed E-state index contributed by atoms with van der Waals surface area (Å²) < 4.78 is 1.86. The Hall–Kier alpha value is -1.90. The molecule has 2 aromatic heterocycles. The average Bonchev–Trinajstić information content (AvgIpc) is 2.53. The lowest BCUT2D eigenvalue weighted by Crippen LogP contribution is -2.24. The van der Waals surface area contributed by atoms with E-state index >= 15 is 0 Å². The third-order valence-corrected chi connectivity index (χ3v) is 4.65. The van der Waals surface area contributed by atoms with Crippen molar-refractivity contribution in [1.82, 2.24) is 9.55 Å². The van der Waals surface area contributed by atoms with Crippen molar-refractivity contribution in [2.45, 2.75) is 79.2 Å². The lowest BCUT2D eigenvalue weighted by molar-refractivity contribution is 0.573. The van der Waals surface area contributed by atoms with Gasteiger partial charge in [-0.3, -0.25) is 9.78 Å². The highest BCUT2D eigenvalue weighted by Crippen LogP contribution is 2.27. The molecule has 3 heteroatoms. The van der Waals surface area contributed by atoms with E-state index < -0.39 is 0 Å². The maximum atomic E-state index is 13.1. The normalized spacial score (nSPS) is 12.0. The van der Waals surface area contributed by atoms with E-state index in [1.165, 1.54) is 5.56 Å². The number of rotatable bonds is 5. The van der Waals surface area contributed by atoms with Crippen LogP contribution in [0.4, 0.5) is 0 Å². The predicted molar refractivity (Wildman–Crippen MR) is 107 cm³/mol. The van der Waals surface area contributed by atoms with Crippen molar-refractivity contribution in [2.24, 2.45) is 0 Å². The third-order valence-electron chi connectivity index (χ3n) is 4.65. The molecule has 2 heterocycles. The van der Waals surface area contributed by atoms with E-state index in [1.807, 2.05) is 10.8 Å². The Kier molecular flexibility index (Phi) is 5.87. The molecule has 0 bridgehead atoms. The number of nitrogens with zero attached hydrogens (tertiary/aromatic N) is 2. The minimum absolute atomic E-state index is 0.0787. The zero-order valence-electron chi connectivity index (χ0n) is 16.9.